The predicted octanol–water partition coefficient (Wildman–Crippen LogP) is 2.40. The van der Waals surface area contributed by atoms with Crippen LogP contribution in [-0.4, -0.2) is 27.1 Å². The fraction of sp³-hybridized carbons (Fsp3) is 0.500. The molecule has 19 heavy (non-hydrogen) atoms. The molecule has 0 aliphatic heterocycles. The Morgan fingerprint density at radius 3 is 2.26 bits per heavy atom. The van der Waals surface area contributed by atoms with Crippen LogP contribution in [0.5, 0.6) is 0 Å². The third-order valence-corrected chi connectivity index (χ3v) is 3.99. The van der Waals surface area contributed by atoms with Crippen LogP contribution < -0.4 is 5.32 Å². The average Bonchev–Trinajstić information content (AvgIpc) is 2.37. The summed E-state index contributed by atoms with van der Waals surface area (Å²) >= 11 is 0. The van der Waals surface area contributed by atoms with Gasteiger partial charge in [-0.25, -0.2) is 8.42 Å². The van der Waals surface area contributed by atoms with Crippen LogP contribution in [0.15, 0.2) is 29.2 Å². The molecule has 0 saturated carbocycles. The van der Waals surface area contributed by atoms with Crippen molar-refractivity contribution >= 4 is 15.7 Å². The zero-order valence-electron chi connectivity index (χ0n) is 11.5. The summed E-state index contributed by atoms with van der Waals surface area (Å²) in [5, 5.41) is 2.83. The van der Waals surface area contributed by atoms with E-state index in [0.29, 0.717) is 12.1 Å². The van der Waals surface area contributed by atoms with Crippen molar-refractivity contribution < 1.29 is 13.2 Å². The molecular formula is C14H21NO3S. The summed E-state index contributed by atoms with van der Waals surface area (Å²) in [6, 6.07) is 6.00. The maximum absolute atomic E-state index is 11.8. The monoisotopic (exact) mass is 283 g/mol. The van der Waals surface area contributed by atoms with Crippen LogP contribution >= 0.6 is 0 Å². The summed E-state index contributed by atoms with van der Waals surface area (Å²) < 4.78 is 22.6. The van der Waals surface area contributed by atoms with Gasteiger partial charge in [0.1, 0.15) is 0 Å². The summed E-state index contributed by atoms with van der Waals surface area (Å²) in [7, 11) is -3.20. The van der Waals surface area contributed by atoms with Crippen molar-refractivity contribution in [2.45, 2.75) is 37.5 Å². The number of hydrogen-bond donors (Lipinski definition) is 1. The van der Waals surface area contributed by atoms with Crippen LogP contribution in [0.2, 0.25) is 0 Å². The fourth-order valence-electron chi connectivity index (χ4n) is 1.71. The SMILES string of the molecule is CCCCCCNC(=O)c1ccc(S(C)(=O)=O)cc1. The Morgan fingerprint density at radius 1 is 1.11 bits per heavy atom. The smallest absolute Gasteiger partial charge is 0.251 e. The van der Waals surface area contributed by atoms with Crippen molar-refractivity contribution in [3.05, 3.63) is 29.8 Å². The molecule has 1 aromatic carbocycles. The van der Waals surface area contributed by atoms with Gasteiger partial charge in [0.15, 0.2) is 9.84 Å². The molecule has 0 radical (unpaired) electrons. The van der Waals surface area contributed by atoms with E-state index in [9.17, 15) is 13.2 Å². The molecule has 1 N–H and O–H groups in total. The highest BCUT2D eigenvalue weighted by Gasteiger charge is 2.09. The molecule has 0 saturated heterocycles. The Labute approximate surface area is 115 Å². The van der Waals surface area contributed by atoms with Gasteiger partial charge in [-0.05, 0) is 30.7 Å². The van der Waals surface area contributed by atoms with Crippen LogP contribution in [0.1, 0.15) is 43.0 Å². The molecule has 106 valence electrons. The van der Waals surface area contributed by atoms with E-state index in [1.807, 2.05) is 0 Å². The summed E-state index contributed by atoms with van der Waals surface area (Å²) in [5.74, 6) is -0.156. The van der Waals surface area contributed by atoms with Crippen molar-refractivity contribution in [2.75, 3.05) is 12.8 Å². The van der Waals surface area contributed by atoms with Gasteiger partial charge >= 0.3 is 0 Å². The van der Waals surface area contributed by atoms with E-state index >= 15 is 0 Å². The minimum absolute atomic E-state index is 0.156. The van der Waals surface area contributed by atoms with E-state index in [0.717, 1.165) is 19.1 Å². The van der Waals surface area contributed by atoms with E-state index in [-0.39, 0.29) is 10.8 Å². The Morgan fingerprint density at radius 2 is 1.74 bits per heavy atom. The Balaban J connectivity index is 2.50. The Hall–Kier alpha value is -1.36. The van der Waals surface area contributed by atoms with E-state index in [2.05, 4.69) is 12.2 Å². The zero-order chi connectivity index (χ0) is 14.3. The minimum Gasteiger partial charge on any atom is -0.352 e. The van der Waals surface area contributed by atoms with E-state index in [1.165, 1.54) is 37.1 Å². The first kappa shape index (κ1) is 15.7. The van der Waals surface area contributed by atoms with Gasteiger partial charge in [0, 0.05) is 18.4 Å². The number of unbranched alkanes of at least 4 members (excludes halogenated alkanes) is 3. The van der Waals surface area contributed by atoms with Gasteiger partial charge in [-0.2, -0.15) is 0 Å². The van der Waals surface area contributed by atoms with E-state index in [1.54, 1.807) is 0 Å². The summed E-state index contributed by atoms with van der Waals surface area (Å²) in [6.07, 6.45) is 5.58. The number of carbonyl (C=O) groups excluding carboxylic acids is 1. The Kier molecular flexibility index (Phi) is 6.02. The molecule has 1 amide bonds. The van der Waals surface area contributed by atoms with E-state index < -0.39 is 9.84 Å². The molecule has 0 fully saturated rings. The van der Waals surface area contributed by atoms with Gasteiger partial charge in [0.2, 0.25) is 0 Å². The number of amides is 1. The lowest BCUT2D eigenvalue weighted by Crippen LogP contribution is -2.24. The van der Waals surface area contributed by atoms with Crippen LogP contribution in [0.4, 0.5) is 0 Å². The third-order valence-electron chi connectivity index (χ3n) is 2.86. The van der Waals surface area contributed by atoms with Gasteiger partial charge in [-0.15, -0.1) is 0 Å². The lowest BCUT2D eigenvalue weighted by molar-refractivity contribution is 0.0953. The number of sulfone groups is 1. The first-order valence-electron chi connectivity index (χ1n) is 6.53. The molecule has 4 nitrogen and oxygen atoms in total. The summed E-state index contributed by atoms with van der Waals surface area (Å²) in [4.78, 5) is 12.0. The zero-order valence-corrected chi connectivity index (χ0v) is 12.3. The number of nitrogens with one attached hydrogen (secondary N) is 1. The number of rotatable bonds is 7. The topological polar surface area (TPSA) is 63.2 Å². The lowest BCUT2D eigenvalue weighted by atomic mass is 10.2. The van der Waals surface area contributed by atoms with Crippen molar-refractivity contribution in [3.63, 3.8) is 0 Å². The molecule has 0 aliphatic rings. The van der Waals surface area contributed by atoms with Gasteiger partial charge < -0.3 is 5.32 Å². The maximum Gasteiger partial charge on any atom is 0.251 e. The Bertz CT molecular complexity index is 506. The summed E-state index contributed by atoms with van der Waals surface area (Å²) in [5.41, 5.74) is 0.489. The minimum atomic E-state index is -3.20. The maximum atomic E-state index is 11.8. The normalized spacial score (nSPS) is 11.3. The second-order valence-electron chi connectivity index (χ2n) is 4.61. The molecule has 0 heterocycles. The lowest BCUT2D eigenvalue weighted by Gasteiger charge is -2.05. The van der Waals surface area contributed by atoms with Crippen LogP contribution in [0.25, 0.3) is 0 Å². The first-order valence-corrected chi connectivity index (χ1v) is 8.42. The number of carbonyl (C=O) groups is 1. The summed E-state index contributed by atoms with van der Waals surface area (Å²) in [6.45, 7) is 2.80. The number of hydrogen-bond acceptors (Lipinski definition) is 3. The van der Waals surface area contributed by atoms with Crippen molar-refractivity contribution in [1.82, 2.24) is 5.32 Å². The molecule has 1 rings (SSSR count). The molecule has 0 spiro atoms. The highest BCUT2D eigenvalue weighted by atomic mass is 32.2. The van der Waals surface area contributed by atoms with Crippen LogP contribution in [0.3, 0.4) is 0 Å². The molecule has 0 aromatic heterocycles. The van der Waals surface area contributed by atoms with E-state index in [4.69, 9.17) is 0 Å². The molecule has 0 atom stereocenters. The molecule has 5 heteroatoms. The van der Waals surface area contributed by atoms with Gasteiger partial charge in [-0.3, -0.25) is 4.79 Å². The molecule has 0 bridgehead atoms. The van der Waals surface area contributed by atoms with Gasteiger partial charge in [0.05, 0.1) is 4.90 Å². The molecular weight excluding hydrogens is 262 g/mol. The average molecular weight is 283 g/mol. The van der Waals surface area contributed by atoms with Crippen LogP contribution in [0, 0.1) is 0 Å². The first-order chi connectivity index (χ1) is 8.95. The fourth-order valence-corrected chi connectivity index (χ4v) is 2.34. The second-order valence-corrected chi connectivity index (χ2v) is 6.63. The third kappa shape index (κ3) is 5.42. The quantitative estimate of drug-likeness (QED) is 0.782. The van der Waals surface area contributed by atoms with Crippen molar-refractivity contribution in [2.24, 2.45) is 0 Å². The van der Waals surface area contributed by atoms with Gasteiger partial charge in [0.25, 0.3) is 5.91 Å². The highest BCUT2D eigenvalue weighted by molar-refractivity contribution is 7.90. The highest BCUT2D eigenvalue weighted by Crippen LogP contribution is 2.10. The number of benzene rings is 1. The standard InChI is InChI=1S/C14H21NO3S/c1-3-4-5-6-11-15-14(16)12-7-9-13(10-8-12)19(2,17)18/h7-10H,3-6,11H2,1-2H3,(H,15,16). The largest absolute Gasteiger partial charge is 0.352 e. The second kappa shape index (κ2) is 7.28. The van der Waals surface area contributed by atoms with Crippen molar-refractivity contribution in [3.8, 4) is 0 Å². The predicted molar refractivity (Wildman–Crippen MR) is 76.0 cm³/mol. The molecule has 0 unspecified atom stereocenters. The van der Waals surface area contributed by atoms with Crippen molar-refractivity contribution in [1.29, 1.82) is 0 Å². The van der Waals surface area contributed by atoms with Gasteiger partial charge in [-0.1, -0.05) is 26.2 Å². The van der Waals surface area contributed by atoms with Crippen LogP contribution in [-0.2, 0) is 9.84 Å². The molecule has 1 aromatic rings. The molecule has 0 aliphatic carbocycles.